The minimum absolute atomic E-state index is 0.00961. The van der Waals surface area contributed by atoms with E-state index in [4.69, 9.17) is 21.1 Å². The maximum Gasteiger partial charge on any atom is 0.174 e. The van der Waals surface area contributed by atoms with E-state index in [0.717, 1.165) is 55.3 Å². The SMILES string of the molecule is COc1ccc2c3c1Oc1ccccc1C3c1c-2c(-c2ccccc2)c2ccccc2c1Cl. The molecule has 0 amide bonds. The molecule has 0 bridgehead atoms. The molecule has 1 aliphatic carbocycles. The first-order valence-corrected chi connectivity index (χ1v) is 11.4. The summed E-state index contributed by atoms with van der Waals surface area (Å²) < 4.78 is 12.2. The quantitative estimate of drug-likeness (QED) is 0.265. The number of halogens is 1. The first-order chi connectivity index (χ1) is 16.3. The fourth-order valence-electron chi connectivity index (χ4n) is 5.60. The van der Waals surface area contributed by atoms with Crippen molar-refractivity contribution < 1.29 is 9.47 Å². The van der Waals surface area contributed by atoms with Gasteiger partial charge in [0, 0.05) is 22.4 Å². The van der Waals surface area contributed by atoms with Crippen molar-refractivity contribution in [1.29, 1.82) is 0 Å². The van der Waals surface area contributed by atoms with Crippen LogP contribution in [0, 0.1) is 0 Å². The van der Waals surface area contributed by atoms with Crippen LogP contribution in [0.3, 0.4) is 0 Å². The first-order valence-electron chi connectivity index (χ1n) is 11.1. The second-order valence-electron chi connectivity index (χ2n) is 8.52. The highest BCUT2D eigenvalue weighted by Crippen LogP contribution is 2.63. The van der Waals surface area contributed by atoms with Gasteiger partial charge in [0.15, 0.2) is 11.5 Å². The molecule has 3 heteroatoms. The number of hydrogen-bond acceptors (Lipinski definition) is 2. The number of hydrogen-bond donors (Lipinski definition) is 0. The average Bonchev–Trinajstić information content (AvgIpc) is 3.22. The number of ether oxygens (including phenoxy) is 2. The van der Waals surface area contributed by atoms with Crippen molar-refractivity contribution in [3.05, 3.63) is 113 Å². The van der Waals surface area contributed by atoms with Crippen molar-refractivity contribution in [2.24, 2.45) is 0 Å². The lowest BCUT2D eigenvalue weighted by Crippen LogP contribution is -2.10. The summed E-state index contributed by atoms with van der Waals surface area (Å²) >= 11 is 7.25. The van der Waals surface area contributed by atoms with Crippen molar-refractivity contribution >= 4 is 22.4 Å². The summed E-state index contributed by atoms with van der Waals surface area (Å²) in [6.45, 7) is 0. The number of para-hydroxylation sites is 1. The molecular weight excluding hydrogens is 428 g/mol. The molecule has 5 aromatic carbocycles. The van der Waals surface area contributed by atoms with Gasteiger partial charge in [-0.3, -0.25) is 0 Å². The second-order valence-corrected chi connectivity index (χ2v) is 8.90. The van der Waals surface area contributed by atoms with E-state index in [1.54, 1.807) is 7.11 Å². The summed E-state index contributed by atoms with van der Waals surface area (Å²) in [4.78, 5) is 0. The van der Waals surface area contributed by atoms with Crippen molar-refractivity contribution in [2.45, 2.75) is 5.92 Å². The predicted molar refractivity (Wildman–Crippen MR) is 134 cm³/mol. The molecule has 0 aromatic heterocycles. The molecule has 1 unspecified atom stereocenters. The Morgan fingerprint density at radius 1 is 0.727 bits per heavy atom. The van der Waals surface area contributed by atoms with Gasteiger partial charge in [0.25, 0.3) is 0 Å². The van der Waals surface area contributed by atoms with E-state index in [1.807, 2.05) is 18.2 Å². The Morgan fingerprint density at radius 2 is 1.45 bits per heavy atom. The maximum absolute atomic E-state index is 7.25. The van der Waals surface area contributed by atoms with Crippen LogP contribution < -0.4 is 9.47 Å². The summed E-state index contributed by atoms with van der Waals surface area (Å²) in [7, 11) is 1.69. The standard InChI is InChI=1S/C30H19ClO2/c1-32-23-16-15-21-26-24(17-9-3-2-4-10-17)18-11-5-6-12-19(18)29(31)28(26)25-20-13-7-8-14-22(20)33-30(23)27(21)25/h2-16,25H,1H3. The Balaban J connectivity index is 1.70. The highest BCUT2D eigenvalue weighted by Gasteiger charge is 2.42. The van der Waals surface area contributed by atoms with Crippen molar-refractivity contribution in [1.82, 2.24) is 0 Å². The smallest absolute Gasteiger partial charge is 0.174 e. The van der Waals surface area contributed by atoms with Gasteiger partial charge < -0.3 is 9.47 Å². The van der Waals surface area contributed by atoms with E-state index < -0.39 is 0 Å². The van der Waals surface area contributed by atoms with E-state index in [-0.39, 0.29) is 5.92 Å². The molecule has 0 saturated carbocycles. The summed E-state index contributed by atoms with van der Waals surface area (Å²) in [5.41, 5.74) is 8.16. The van der Waals surface area contributed by atoms with Crippen LogP contribution in [-0.2, 0) is 0 Å². The number of benzene rings is 5. The van der Waals surface area contributed by atoms with Crippen LogP contribution in [0.25, 0.3) is 33.0 Å². The van der Waals surface area contributed by atoms with E-state index in [1.165, 1.54) is 16.7 Å². The van der Waals surface area contributed by atoms with Gasteiger partial charge in [-0.1, -0.05) is 90.5 Å². The van der Waals surface area contributed by atoms with E-state index in [2.05, 4.69) is 72.8 Å². The van der Waals surface area contributed by atoms with E-state index in [0.29, 0.717) is 0 Å². The third-order valence-electron chi connectivity index (χ3n) is 6.92. The fourth-order valence-corrected chi connectivity index (χ4v) is 5.97. The second kappa shape index (κ2) is 6.87. The Morgan fingerprint density at radius 3 is 2.27 bits per heavy atom. The normalized spacial score (nSPS) is 14.9. The third kappa shape index (κ3) is 2.44. The topological polar surface area (TPSA) is 18.5 Å². The van der Waals surface area contributed by atoms with Crippen LogP contribution in [-0.4, -0.2) is 7.11 Å². The van der Waals surface area contributed by atoms with Crippen LogP contribution in [0.2, 0.25) is 5.02 Å². The van der Waals surface area contributed by atoms with Crippen molar-refractivity contribution in [3.63, 3.8) is 0 Å². The zero-order valence-corrected chi connectivity index (χ0v) is 18.7. The Bertz CT molecular complexity index is 1590. The van der Waals surface area contributed by atoms with Gasteiger partial charge in [0.05, 0.1) is 12.1 Å². The lowest BCUT2D eigenvalue weighted by Gasteiger charge is -2.27. The van der Waals surface area contributed by atoms with Gasteiger partial charge >= 0.3 is 0 Å². The molecule has 0 N–H and O–H groups in total. The molecular formula is C30H19ClO2. The summed E-state index contributed by atoms with van der Waals surface area (Å²) in [5, 5.41) is 3.04. The molecule has 1 atom stereocenters. The Kier molecular flexibility index (Phi) is 3.91. The maximum atomic E-state index is 7.25. The van der Waals surface area contributed by atoms with Gasteiger partial charge in [-0.25, -0.2) is 0 Å². The third-order valence-corrected chi connectivity index (χ3v) is 7.33. The minimum atomic E-state index is -0.00961. The summed E-state index contributed by atoms with van der Waals surface area (Å²) in [6, 6.07) is 31.4. The summed E-state index contributed by atoms with van der Waals surface area (Å²) in [5.74, 6) is 2.37. The molecule has 0 fully saturated rings. The lowest BCUT2D eigenvalue weighted by molar-refractivity contribution is 0.370. The fraction of sp³-hybridized carbons (Fsp3) is 0.0667. The Hall–Kier alpha value is -3.75. The van der Waals surface area contributed by atoms with Crippen LogP contribution in [0.1, 0.15) is 22.6 Å². The highest BCUT2D eigenvalue weighted by atomic mass is 35.5. The van der Waals surface area contributed by atoms with Crippen LogP contribution in [0.15, 0.2) is 91.0 Å². The highest BCUT2D eigenvalue weighted by molar-refractivity contribution is 6.38. The average molecular weight is 447 g/mol. The lowest BCUT2D eigenvalue weighted by atomic mass is 9.84. The largest absolute Gasteiger partial charge is 0.493 e. The zero-order chi connectivity index (χ0) is 22.1. The molecule has 1 heterocycles. The van der Waals surface area contributed by atoms with E-state index >= 15 is 0 Å². The van der Waals surface area contributed by atoms with Crippen LogP contribution in [0.5, 0.6) is 17.2 Å². The molecule has 7 rings (SSSR count). The van der Waals surface area contributed by atoms with E-state index in [9.17, 15) is 0 Å². The van der Waals surface area contributed by atoms with Gasteiger partial charge in [0.2, 0.25) is 0 Å². The zero-order valence-electron chi connectivity index (χ0n) is 17.9. The predicted octanol–water partition coefficient (Wildman–Crippen LogP) is 8.44. The minimum Gasteiger partial charge on any atom is -0.493 e. The molecule has 158 valence electrons. The Labute approximate surface area is 197 Å². The van der Waals surface area contributed by atoms with Gasteiger partial charge in [-0.2, -0.15) is 0 Å². The van der Waals surface area contributed by atoms with Crippen molar-refractivity contribution in [3.8, 4) is 39.5 Å². The molecule has 33 heavy (non-hydrogen) atoms. The summed E-state index contributed by atoms with van der Waals surface area (Å²) in [6.07, 6.45) is 0. The first kappa shape index (κ1) is 18.8. The van der Waals surface area contributed by atoms with Gasteiger partial charge in [-0.05, 0) is 45.3 Å². The molecule has 0 radical (unpaired) electrons. The molecule has 1 aliphatic heterocycles. The molecule has 0 saturated heterocycles. The number of rotatable bonds is 2. The molecule has 5 aromatic rings. The van der Waals surface area contributed by atoms with Crippen LogP contribution in [0.4, 0.5) is 0 Å². The van der Waals surface area contributed by atoms with Crippen molar-refractivity contribution in [2.75, 3.05) is 7.11 Å². The molecule has 0 spiro atoms. The number of methoxy groups -OCH3 is 1. The van der Waals surface area contributed by atoms with Crippen LogP contribution >= 0.6 is 11.6 Å². The molecule has 2 nitrogen and oxygen atoms in total. The number of fused-ring (bicyclic) bond motifs is 6. The van der Waals surface area contributed by atoms with Gasteiger partial charge in [0.1, 0.15) is 5.75 Å². The molecule has 2 aliphatic rings. The van der Waals surface area contributed by atoms with Gasteiger partial charge in [-0.15, -0.1) is 0 Å². The monoisotopic (exact) mass is 446 g/mol.